The summed E-state index contributed by atoms with van der Waals surface area (Å²) in [4.78, 5) is 12.6. The van der Waals surface area contributed by atoms with Crippen molar-refractivity contribution in [2.45, 2.75) is 13.5 Å². The van der Waals surface area contributed by atoms with Gasteiger partial charge in [0.1, 0.15) is 18.2 Å². The number of anilines is 1. The molecule has 0 aliphatic heterocycles. The van der Waals surface area contributed by atoms with E-state index >= 15 is 0 Å². The largest absolute Gasteiger partial charge is 0.493 e. The zero-order valence-corrected chi connectivity index (χ0v) is 22.5. The SMILES string of the molecule is COc1cc(/C=C(/C#N)C(=O)Nc2ccc(C)c(Cl)c2)cc(I)c1OCc1ccc(Cl)cc1Cl. The zero-order chi connectivity index (χ0) is 24.8. The van der Waals surface area contributed by atoms with Gasteiger partial charge in [0, 0.05) is 26.3 Å². The monoisotopic (exact) mass is 626 g/mol. The second kappa shape index (κ2) is 11.8. The number of nitriles is 1. The van der Waals surface area contributed by atoms with Gasteiger partial charge in [-0.1, -0.05) is 46.9 Å². The number of nitrogens with one attached hydrogen (secondary N) is 1. The number of nitrogens with zero attached hydrogens (tertiary/aromatic N) is 1. The molecule has 0 spiro atoms. The van der Waals surface area contributed by atoms with Crippen molar-refractivity contribution in [1.29, 1.82) is 5.26 Å². The van der Waals surface area contributed by atoms with Gasteiger partial charge in [-0.2, -0.15) is 5.26 Å². The predicted molar refractivity (Wildman–Crippen MR) is 145 cm³/mol. The fourth-order valence-electron chi connectivity index (χ4n) is 2.94. The third-order valence-electron chi connectivity index (χ3n) is 4.74. The number of benzene rings is 3. The van der Waals surface area contributed by atoms with E-state index in [1.54, 1.807) is 48.5 Å². The van der Waals surface area contributed by atoms with Gasteiger partial charge < -0.3 is 14.8 Å². The highest BCUT2D eigenvalue weighted by atomic mass is 127. The lowest BCUT2D eigenvalue weighted by Crippen LogP contribution is -2.13. The topological polar surface area (TPSA) is 71.3 Å². The smallest absolute Gasteiger partial charge is 0.266 e. The van der Waals surface area contributed by atoms with Crippen LogP contribution in [0.2, 0.25) is 15.1 Å². The minimum atomic E-state index is -0.547. The second-order valence-corrected chi connectivity index (χ2v) is 9.56. The van der Waals surface area contributed by atoms with Crippen LogP contribution in [0.25, 0.3) is 6.08 Å². The summed E-state index contributed by atoms with van der Waals surface area (Å²) in [5.41, 5.74) is 2.69. The normalized spacial score (nSPS) is 11.0. The van der Waals surface area contributed by atoms with Gasteiger partial charge in [0.2, 0.25) is 0 Å². The van der Waals surface area contributed by atoms with E-state index < -0.39 is 5.91 Å². The molecule has 0 aliphatic carbocycles. The Balaban J connectivity index is 1.83. The molecule has 1 N–H and O–H groups in total. The molecular weight excluding hydrogens is 610 g/mol. The Hall–Kier alpha value is -2.44. The van der Waals surface area contributed by atoms with Crippen LogP contribution in [0.15, 0.2) is 54.1 Å². The minimum absolute atomic E-state index is 0.0730. The second-order valence-electron chi connectivity index (χ2n) is 7.15. The maximum absolute atomic E-state index is 12.6. The number of methoxy groups -OCH3 is 1. The highest BCUT2D eigenvalue weighted by molar-refractivity contribution is 14.1. The van der Waals surface area contributed by atoms with Crippen molar-refractivity contribution < 1.29 is 14.3 Å². The number of carbonyl (C=O) groups is 1. The molecule has 5 nitrogen and oxygen atoms in total. The molecule has 3 aromatic rings. The summed E-state index contributed by atoms with van der Waals surface area (Å²) in [5.74, 6) is 0.420. The van der Waals surface area contributed by atoms with Crippen molar-refractivity contribution in [3.63, 3.8) is 0 Å². The summed E-state index contributed by atoms with van der Waals surface area (Å²) in [5, 5.41) is 13.8. The van der Waals surface area contributed by atoms with E-state index in [1.165, 1.54) is 13.2 Å². The summed E-state index contributed by atoms with van der Waals surface area (Å²) < 4.78 is 12.2. The molecule has 3 aromatic carbocycles. The number of rotatable bonds is 7. The number of ether oxygens (including phenoxy) is 2. The van der Waals surface area contributed by atoms with Crippen LogP contribution in [0, 0.1) is 21.8 Å². The average molecular weight is 628 g/mol. The molecule has 0 saturated carbocycles. The molecule has 0 saturated heterocycles. The first kappa shape index (κ1) is 26.2. The van der Waals surface area contributed by atoms with E-state index in [1.807, 2.05) is 13.0 Å². The summed E-state index contributed by atoms with van der Waals surface area (Å²) in [7, 11) is 1.51. The summed E-state index contributed by atoms with van der Waals surface area (Å²) >= 11 is 20.4. The molecule has 0 aromatic heterocycles. The minimum Gasteiger partial charge on any atom is -0.493 e. The van der Waals surface area contributed by atoms with Gasteiger partial charge in [-0.25, -0.2) is 0 Å². The van der Waals surface area contributed by atoms with Gasteiger partial charge in [0.25, 0.3) is 5.91 Å². The van der Waals surface area contributed by atoms with E-state index in [9.17, 15) is 10.1 Å². The quantitative estimate of drug-likeness (QED) is 0.166. The number of hydrogen-bond donors (Lipinski definition) is 1. The number of halogens is 4. The molecule has 0 atom stereocenters. The molecule has 0 fully saturated rings. The lowest BCUT2D eigenvalue weighted by Gasteiger charge is -2.14. The highest BCUT2D eigenvalue weighted by Gasteiger charge is 2.15. The van der Waals surface area contributed by atoms with E-state index in [0.717, 1.165) is 14.7 Å². The lowest BCUT2D eigenvalue weighted by atomic mass is 10.1. The summed E-state index contributed by atoms with van der Waals surface area (Å²) in [6.07, 6.45) is 1.48. The Kier molecular flexibility index (Phi) is 9.09. The molecule has 0 bridgehead atoms. The van der Waals surface area contributed by atoms with Crippen LogP contribution in [-0.2, 0) is 11.4 Å². The molecule has 3 rings (SSSR count). The van der Waals surface area contributed by atoms with Crippen LogP contribution in [0.5, 0.6) is 11.5 Å². The van der Waals surface area contributed by atoms with E-state index in [-0.39, 0.29) is 12.2 Å². The Bertz CT molecular complexity index is 1320. The van der Waals surface area contributed by atoms with Crippen molar-refractivity contribution in [1.82, 2.24) is 0 Å². The summed E-state index contributed by atoms with van der Waals surface area (Å²) in [6, 6.07) is 15.7. The van der Waals surface area contributed by atoms with Crippen molar-refractivity contribution >= 4 is 75.1 Å². The number of aryl methyl sites for hydroxylation is 1. The van der Waals surface area contributed by atoms with Crippen LogP contribution in [0.1, 0.15) is 16.7 Å². The van der Waals surface area contributed by atoms with Crippen LogP contribution < -0.4 is 14.8 Å². The average Bonchev–Trinajstić information content (AvgIpc) is 2.79. The molecule has 0 radical (unpaired) electrons. The van der Waals surface area contributed by atoms with Crippen LogP contribution in [0.4, 0.5) is 5.69 Å². The van der Waals surface area contributed by atoms with Crippen molar-refractivity contribution in [3.05, 3.63) is 89.4 Å². The third kappa shape index (κ3) is 6.57. The molecule has 9 heteroatoms. The first-order valence-corrected chi connectivity index (χ1v) is 12.1. The third-order valence-corrected chi connectivity index (χ3v) is 6.54. The first-order valence-electron chi connectivity index (χ1n) is 9.85. The molecule has 0 unspecified atom stereocenters. The van der Waals surface area contributed by atoms with E-state index in [2.05, 4.69) is 27.9 Å². The number of carbonyl (C=O) groups excluding carboxylic acids is 1. The van der Waals surface area contributed by atoms with Crippen LogP contribution >= 0.6 is 57.4 Å². The van der Waals surface area contributed by atoms with E-state index in [4.69, 9.17) is 44.3 Å². The Morgan fingerprint density at radius 3 is 2.53 bits per heavy atom. The van der Waals surface area contributed by atoms with Crippen LogP contribution in [-0.4, -0.2) is 13.0 Å². The van der Waals surface area contributed by atoms with Gasteiger partial charge in [-0.05, 0) is 83.1 Å². The first-order chi connectivity index (χ1) is 16.2. The standard InChI is InChI=1S/C25H18Cl3IN2O3/c1-14-3-6-19(11-20(14)27)31-25(32)17(12-30)7-15-8-22(29)24(23(9-15)33-2)34-13-16-4-5-18(26)10-21(16)28/h3-11H,13H2,1-2H3,(H,31,32)/b17-7-. The van der Waals surface area contributed by atoms with Gasteiger partial charge in [-0.15, -0.1) is 0 Å². The highest BCUT2D eigenvalue weighted by Crippen LogP contribution is 2.36. The lowest BCUT2D eigenvalue weighted by molar-refractivity contribution is -0.112. The van der Waals surface area contributed by atoms with Crippen molar-refractivity contribution in [2.24, 2.45) is 0 Å². The molecule has 174 valence electrons. The number of hydrogen-bond acceptors (Lipinski definition) is 4. The van der Waals surface area contributed by atoms with Gasteiger partial charge in [-0.3, -0.25) is 4.79 Å². The maximum atomic E-state index is 12.6. The molecular formula is C25H18Cl3IN2O3. The number of amides is 1. The van der Waals surface area contributed by atoms with Crippen LogP contribution in [0.3, 0.4) is 0 Å². The zero-order valence-electron chi connectivity index (χ0n) is 18.1. The Morgan fingerprint density at radius 2 is 1.88 bits per heavy atom. The fraction of sp³-hybridized carbons (Fsp3) is 0.120. The fourth-order valence-corrected chi connectivity index (χ4v) is 4.36. The Labute approximate surface area is 226 Å². The molecule has 0 heterocycles. The van der Waals surface area contributed by atoms with Crippen molar-refractivity contribution in [3.8, 4) is 17.6 Å². The molecule has 0 aliphatic rings. The van der Waals surface area contributed by atoms with Gasteiger partial charge in [0.15, 0.2) is 11.5 Å². The molecule has 1 amide bonds. The maximum Gasteiger partial charge on any atom is 0.266 e. The van der Waals surface area contributed by atoms with E-state index in [0.29, 0.717) is 37.8 Å². The Morgan fingerprint density at radius 1 is 1.12 bits per heavy atom. The predicted octanol–water partition coefficient (Wildman–Crippen LogP) is 7.69. The van der Waals surface area contributed by atoms with Gasteiger partial charge >= 0.3 is 0 Å². The van der Waals surface area contributed by atoms with Gasteiger partial charge in [0.05, 0.1) is 10.7 Å². The molecule has 34 heavy (non-hydrogen) atoms. The van der Waals surface area contributed by atoms with Crippen molar-refractivity contribution in [2.75, 3.05) is 12.4 Å². The summed E-state index contributed by atoms with van der Waals surface area (Å²) in [6.45, 7) is 2.07.